The van der Waals surface area contributed by atoms with Crippen LogP contribution in [0.25, 0.3) is 0 Å². The highest BCUT2D eigenvalue weighted by molar-refractivity contribution is 5.65. The zero-order chi connectivity index (χ0) is 13.0. The van der Waals surface area contributed by atoms with E-state index in [1.165, 1.54) is 4.90 Å². The van der Waals surface area contributed by atoms with Crippen molar-refractivity contribution < 1.29 is 14.6 Å². The highest BCUT2D eigenvalue weighted by Crippen LogP contribution is 2.24. The largest absolute Gasteiger partial charge is 0.465 e. The first kappa shape index (κ1) is 12.2. The molecule has 0 bridgehead atoms. The van der Waals surface area contributed by atoms with E-state index < -0.39 is 6.09 Å². The molecule has 1 aromatic carbocycles. The standard InChI is InChI=1S/C11H12N4O3/c12-14-13-9-3-1-8(2-4-9)10-7-15(11(16)17)5-6-18-10/h1-4,10,12H,5-7H2/p+1. The first-order valence-corrected chi connectivity index (χ1v) is 5.47. The number of nitrogens with one attached hydrogen (secondary N) is 1. The van der Waals surface area contributed by atoms with Crippen LogP contribution in [0.1, 0.15) is 11.7 Å². The summed E-state index contributed by atoms with van der Waals surface area (Å²) in [6.45, 7) is 1.12. The molecule has 18 heavy (non-hydrogen) atoms. The number of hydrogen-bond donors (Lipinski definition) is 2. The summed E-state index contributed by atoms with van der Waals surface area (Å²) in [5, 5.41) is 12.5. The van der Waals surface area contributed by atoms with E-state index in [0.717, 1.165) is 5.56 Å². The monoisotopic (exact) mass is 249 g/mol. The van der Waals surface area contributed by atoms with Gasteiger partial charge in [-0.2, -0.15) is 0 Å². The van der Waals surface area contributed by atoms with Gasteiger partial charge in [-0.15, -0.1) is 0 Å². The first-order chi connectivity index (χ1) is 8.70. The molecular formula is C11H13N4O3+. The maximum Gasteiger partial charge on any atom is 0.407 e. The van der Waals surface area contributed by atoms with Gasteiger partial charge in [0.25, 0.3) is 0 Å². The van der Waals surface area contributed by atoms with Crippen LogP contribution in [-0.2, 0) is 4.74 Å². The fourth-order valence-electron chi connectivity index (χ4n) is 1.84. The number of hydrogen-bond acceptors (Lipinski definition) is 4. The van der Waals surface area contributed by atoms with Crippen molar-refractivity contribution in [2.45, 2.75) is 6.10 Å². The minimum atomic E-state index is -0.928. The quantitative estimate of drug-likeness (QED) is 0.618. The Labute approximate surface area is 103 Å². The van der Waals surface area contributed by atoms with Gasteiger partial charge in [-0.3, -0.25) is 0 Å². The molecule has 0 radical (unpaired) electrons. The molecule has 0 aromatic heterocycles. The number of rotatable bonds is 2. The van der Waals surface area contributed by atoms with Crippen molar-refractivity contribution in [1.82, 2.24) is 9.81 Å². The second kappa shape index (κ2) is 5.39. The number of nitrogens with zero attached hydrogens (tertiary/aromatic N) is 3. The van der Waals surface area contributed by atoms with Gasteiger partial charge in [0, 0.05) is 6.54 Å². The van der Waals surface area contributed by atoms with Gasteiger partial charge < -0.3 is 14.7 Å². The maximum absolute atomic E-state index is 10.9. The van der Waals surface area contributed by atoms with Crippen molar-refractivity contribution in [3.63, 3.8) is 0 Å². The normalized spacial score (nSPS) is 19.1. The first-order valence-electron chi connectivity index (χ1n) is 5.47. The van der Waals surface area contributed by atoms with Gasteiger partial charge >= 0.3 is 6.09 Å². The van der Waals surface area contributed by atoms with Gasteiger partial charge in [-0.05, 0) is 17.7 Å². The predicted octanol–water partition coefficient (Wildman–Crippen LogP) is 1.92. The van der Waals surface area contributed by atoms with Crippen LogP contribution in [0.3, 0.4) is 0 Å². The average Bonchev–Trinajstić information content (AvgIpc) is 2.40. The molecule has 1 atom stereocenters. The summed E-state index contributed by atoms with van der Waals surface area (Å²) in [7, 11) is 0. The third kappa shape index (κ3) is 2.71. The van der Waals surface area contributed by atoms with Gasteiger partial charge in [0.1, 0.15) is 11.6 Å². The third-order valence-electron chi connectivity index (χ3n) is 2.77. The summed E-state index contributed by atoms with van der Waals surface area (Å²) in [5.41, 5.74) is 8.10. The van der Waals surface area contributed by atoms with Crippen LogP contribution >= 0.6 is 0 Å². The molecule has 1 heterocycles. The lowest BCUT2D eigenvalue weighted by Gasteiger charge is -2.31. The second-order valence-corrected chi connectivity index (χ2v) is 3.88. The van der Waals surface area contributed by atoms with Crippen molar-refractivity contribution in [1.29, 1.82) is 5.53 Å². The Morgan fingerprint density at radius 3 is 2.83 bits per heavy atom. The number of benzene rings is 1. The topological polar surface area (TPSA) is 100 Å². The molecule has 1 amide bonds. The van der Waals surface area contributed by atoms with E-state index in [1.807, 2.05) is 0 Å². The molecule has 1 aliphatic heterocycles. The Morgan fingerprint density at radius 2 is 2.22 bits per heavy atom. The molecule has 1 saturated heterocycles. The van der Waals surface area contributed by atoms with E-state index in [4.69, 9.17) is 15.4 Å². The Kier molecular flexibility index (Phi) is 3.66. The Bertz CT molecular complexity index is 482. The molecule has 1 fully saturated rings. The molecule has 7 heteroatoms. The molecule has 1 aliphatic rings. The third-order valence-corrected chi connectivity index (χ3v) is 2.77. The fraction of sp³-hybridized carbons (Fsp3) is 0.364. The Hall–Kier alpha value is -2.24. The van der Waals surface area contributed by atoms with Crippen LogP contribution in [0, 0.1) is 5.53 Å². The Morgan fingerprint density at radius 1 is 1.50 bits per heavy atom. The van der Waals surface area contributed by atoms with Gasteiger partial charge in [0.2, 0.25) is 4.91 Å². The molecule has 7 nitrogen and oxygen atoms in total. The summed E-state index contributed by atoms with van der Waals surface area (Å²) >= 11 is 0. The maximum atomic E-state index is 10.9. The zero-order valence-corrected chi connectivity index (χ0v) is 9.61. The predicted molar refractivity (Wildman–Crippen MR) is 61.7 cm³/mol. The lowest BCUT2D eigenvalue weighted by Crippen LogP contribution is -2.41. The smallest absolute Gasteiger partial charge is 0.407 e. The molecule has 1 aromatic rings. The van der Waals surface area contributed by atoms with Crippen LogP contribution in [0.4, 0.5) is 10.5 Å². The molecule has 1 unspecified atom stereocenters. The van der Waals surface area contributed by atoms with Gasteiger partial charge in [-0.25, -0.2) is 4.79 Å². The summed E-state index contributed by atoms with van der Waals surface area (Å²) < 4.78 is 5.55. The molecule has 0 spiro atoms. The summed E-state index contributed by atoms with van der Waals surface area (Å²) in [4.78, 5) is 15.2. The number of carboxylic acid groups (broad SMARTS) is 1. The van der Waals surface area contributed by atoms with Gasteiger partial charge in [0.15, 0.2) is 10.8 Å². The van der Waals surface area contributed by atoms with Crippen molar-refractivity contribution in [3.05, 3.63) is 29.8 Å². The van der Waals surface area contributed by atoms with E-state index in [9.17, 15) is 4.79 Å². The highest BCUT2D eigenvalue weighted by Gasteiger charge is 2.24. The van der Waals surface area contributed by atoms with Crippen LogP contribution in [-0.4, -0.2) is 35.8 Å². The lowest BCUT2D eigenvalue weighted by molar-refractivity contribution is -0.0231. The van der Waals surface area contributed by atoms with E-state index >= 15 is 0 Å². The molecule has 2 N–H and O–H groups in total. The highest BCUT2D eigenvalue weighted by atomic mass is 16.5. The Balaban J connectivity index is 2.11. The van der Waals surface area contributed by atoms with Crippen LogP contribution in [0.2, 0.25) is 0 Å². The summed E-state index contributed by atoms with van der Waals surface area (Å²) in [6, 6.07) is 7.05. The van der Waals surface area contributed by atoms with Gasteiger partial charge in [0.05, 0.1) is 13.2 Å². The van der Waals surface area contributed by atoms with Crippen molar-refractivity contribution in [3.8, 4) is 0 Å². The number of amides is 1. The van der Waals surface area contributed by atoms with Gasteiger partial charge in [-0.1, -0.05) is 12.1 Å². The molecule has 0 saturated carbocycles. The van der Waals surface area contributed by atoms with Crippen LogP contribution in [0.5, 0.6) is 0 Å². The van der Waals surface area contributed by atoms with E-state index in [2.05, 4.69) is 10.0 Å². The number of ether oxygens (including phenoxy) is 1. The molecular weight excluding hydrogens is 236 g/mol. The minimum Gasteiger partial charge on any atom is -0.465 e. The number of carbonyl (C=O) groups is 1. The number of morpholine rings is 1. The summed E-state index contributed by atoms with van der Waals surface area (Å²) in [6.07, 6.45) is -1.18. The SMILES string of the molecule is N=[N+]=Nc1ccc(C2CN(C(=O)O)CCO2)cc1. The molecule has 94 valence electrons. The fourth-order valence-corrected chi connectivity index (χ4v) is 1.84. The van der Waals surface area contributed by atoms with Crippen molar-refractivity contribution in [2.24, 2.45) is 5.11 Å². The minimum absolute atomic E-state index is 0.253. The van der Waals surface area contributed by atoms with E-state index in [1.54, 1.807) is 24.3 Å². The lowest BCUT2D eigenvalue weighted by atomic mass is 10.1. The van der Waals surface area contributed by atoms with Crippen LogP contribution in [0.15, 0.2) is 29.4 Å². The van der Waals surface area contributed by atoms with Crippen molar-refractivity contribution in [2.75, 3.05) is 19.7 Å². The van der Waals surface area contributed by atoms with E-state index in [0.29, 0.717) is 25.4 Å². The molecule has 2 rings (SSSR count). The zero-order valence-electron chi connectivity index (χ0n) is 9.61. The average molecular weight is 249 g/mol. The van der Waals surface area contributed by atoms with Crippen LogP contribution < -0.4 is 4.91 Å². The van der Waals surface area contributed by atoms with Crippen molar-refractivity contribution >= 4 is 11.8 Å². The summed E-state index contributed by atoms with van der Waals surface area (Å²) in [5.74, 6) is 0. The second-order valence-electron chi connectivity index (χ2n) is 3.88. The van der Waals surface area contributed by atoms with E-state index in [-0.39, 0.29) is 6.10 Å². The molecule has 0 aliphatic carbocycles.